The Hall–Kier alpha value is -2.59. The lowest BCUT2D eigenvalue weighted by atomic mass is 10.3. The summed E-state index contributed by atoms with van der Waals surface area (Å²) >= 11 is 1.04. The molecule has 0 saturated heterocycles. The average molecular weight is 379 g/mol. The molecular weight excluding hydrogens is 366 g/mol. The first kappa shape index (κ1) is 17.2. The standard InChI is InChI=1S/C15H13N3O5S2/c1-25(20,21)12-7-3-2-5-10(12)16-13(19)9-24-15-18-17-14(23-15)11-6-4-8-22-11/h2-8H,9H2,1H3,(H,16,19). The molecule has 0 bridgehead atoms. The average Bonchev–Trinajstić information content (AvgIpc) is 3.24. The lowest BCUT2D eigenvalue weighted by Gasteiger charge is -2.08. The fourth-order valence-corrected chi connectivity index (χ4v) is 3.38. The van der Waals surface area contributed by atoms with Crippen molar-refractivity contribution in [1.29, 1.82) is 0 Å². The Kier molecular flexibility index (Phi) is 4.91. The number of amides is 1. The van der Waals surface area contributed by atoms with Crippen LogP contribution in [0.4, 0.5) is 5.69 Å². The van der Waals surface area contributed by atoms with Crippen molar-refractivity contribution in [2.45, 2.75) is 10.1 Å². The normalized spacial score (nSPS) is 11.4. The van der Waals surface area contributed by atoms with E-state index in [1.807, 2.05) is 0 Å². The minimum absolute atomic E-state index is 0.0160. The fourth-order valence-electron chi connectivity index (χ4n) is 1.97. The molecule has 0 aliphatic rings. The molecular formula is C15H13N3O5S2. The number of carbonyl (C=O) groups excluding carboxylic acids is 1. The zero-order valence-electron chi connectivity index (χ0n) is 13.0. The fraction of sp³-hybridized carbons (Fsp3) is 0.133. The summed E-state index contributed by atoms with van der Waals surface area (Å²) in [6.07, 6.45) is 2.57. The van der Waals surface area contributed by atoms with E-state index in [1.165, 1.54) is 18.4 Å². The molecule has 10 heteroatoms. The summed E-state index contributed by atoms with van der Waals surface area (Å²) in [6, 6.07) is 9.57. The van der Waals surface area contributed by atoms with Crippen LogP contribution in [0.15, 0.2) is 61.6 Å². The largest absolute Gasteiger partial charge is 0.459 e. The number of anilines is 1. The van der Waals surface area contributed by atoms with Crippen LogP contribution in [0.5, 0.6) is 0 Å². The summed E-state index contributed by atoms with van der Waals surface area (Å²) in [6.45, 7) is 0. The van der Waals surface area contributed by atoms with Gasteiger partial charge in [0.05, 0.1) is 22.6 Å². The van der Waals surface area contributed by atoms with E-state index in [9.17, 15) is 13.2 Å². The highest BCUT2D eigenvalue weighted by Gasteiger charge is 2.16. The van der Waals surface area contributed by atoms with Crippen molar-refractivity contribution in [3.05, 3.63) is 42.7 Å². The molecule has 0 unspecified atom stereocenters. The van der Waals surface area contributed by atoms with E-state index in [0.29, 0.717) is 5.76 Å². The highest BCUT2D eigenvalue weighted by molar-refractivity contribution is 7.99. The molecule has 0 radical (unpaired) electrons. The number of para-hydroxylation sites is 1. The van der Waals surface area contributed by atoms with Crippen molar-refractivity contribution in [1.82, 2.24) is 10.2 Å². The zero-order chi connectivity index (χ0) is 17.9. The number of rotatable bonds is 6. The van der Waals surface area contributed by atoms with Gasteiger partial charge in [-0.25, -0.2) is 8.42 Å². The van der Waals surface area contributed by atoms with E-state index in [0.717, 1.165) is 18.0 Å². The molecule has 1 aromatic carbocycles. The highest BCUT2D eigenvalue weighted by Crippen LogP contribution is 2.24. The molecule has 1 amide bonds. The van der Waals surface area contributed by atoms with Crippen molar-refractivity contribution < 1.29 is 22.0 Å². The van der Waals surface area contributed by atoms with Crippen LogP contribution in [0.25, 0.3) is 11.7 Å². The predicted octanol–water partition coefficient (Wildman–Crippen LogP) is 2.46. The van der Waals surface area contributed by atoms with Gasteiger partial charge in [0.1, 0.15) is 0 Å². The number of carbonyl (C=O) groups is 1. The topological polar surface area (TPSA) is 115 Å². The van der Waals surface area contributed by atoms with Gasteiger partial charge in [-0.2, -0.15) is 0 Å². The summed E-state index contributed by atoms with van der Waals surface area (Å²) in [5.41, 5.74) is 0.234. The molecule has 8 nitrogen and oxygen atoms in total. The van der Waals surface area contributed by atoms with Gasteiger partial charge in [0.25, 0.3) is 11.1 Å². The van der Waals surface area contributed by atoms with Crippen molar-refractivity contribution in [2.75, 3.05) is 17.3 Å². The van der Waals surface area contributed by atoms with Crippen molar-refractivity contribution >= 4 is 33.2 Å². The van der Waals surface area contributed by atoms with Gasteiger partial charge in [0, 0.05) is 6.26 Å². The van der Waals surface area contributed by atoms with E-state index >= 15 is 0 Å². The molecule has 0 aliphatic heterocycles. The molecule has 3 aromatic rings. The Labute approximate surface area is 147 Å². The Morgan fingerprint density at radius 3 is 2.72 bits per heavy atom. The Bertz CT molecular complexity index is 980. The molecule has 0 saturated carbocycles. The van der Waals surface area contributed by atoms with Gasteiger partial charge >= 0.3 is 0 Å². The van der Waals surface area contributed by atoms with Crippen LogP contribution in [0, 0.1) is 0 Å². The second-order valence-electron chi connectivity index (χ2n) is 4.96. The van der Waals surface area contributed by atoms with Gasteiger partial charge < -0.3 is 14.2 Å². The molecule has 0 spiro atoms. The van der Waals surface area contributed by atoms with Gasteiger partial charge in [-0.05, 0) is 24.3 Å². The number of benzene rings is 1. The first-order valence-corrected chi connectivity index (χ1v) is 9.90. The van der Waals surface area contributed by atoms with E-state index in [-0.39, 0.29) is 33.4 Å². The van der Waals surface area contributed by atoms with E-state index in [2.05, 4.69) is 15.5 Å². The van der Waals surface area contributed by atoms with Crippen LogP contribution in [0.2, 0.25) is 0 Å². The third-order valence-electron chi connectivity index (χ3n) is 3.03. The van der Waals surface area contributed by atoms with Crippen LogP contribution >= 0.6 is 11.8 Å². The van der Waals surface area contributed by atoms with E-state index in [1.54, 1.807) is 24.3 Å². The molecule has 0 atom stereocenters. The third kappa shape index (κ3) is 4.28. The predicted molar refractivity (Wildman–Crippen MR) is 90.9 cm³/mol. The molecule has 25 heavy (non-hydrogen) atoms. The quantitative estimate of drug-likeness (QED) is 0.650. The first-order chi connectivity index (χ1) is 11.9. The third-order valence-corrected chi connectivity index (χ3v) is 5.00. The maximum absolute atomic E-state index is 12.1. The Morgan fingerprint density at radius 1 is 1.20 bits per heavy atom. The Balaban J connectivity index is 1.63. The van der Waals surface area contributed by atoms with Crippen molar-refractivity contribution in [2.24, 2.45) is 0 Å². The number of nitrogens with one attached hydrogen (secondary N) is 1. The Morgan fingerprint density at radius 2 is 2.00 bits per heavy atom. The lowest BCUT2D eigenvalue weighted by Crippen LogP contribution is -2.16. The second-order valence-corrected chi connectivity index (χ2v) is 7.87. The number of aromatic nitrogens is 2. The van der Waals surface area contributed by atoms with Crippen LogP contribution < -0.4 is 5.32 Å². The molecule has 130 valence electrons. The number of furan rings is 1. The number of sulfone groups is 1. The minimum atomic E-state index is -3.44. The molecule has 0 fully saturated rings. The summed E-state index contributed by atoms with van der Waals surface area (Å²) < 4.78 is 34.0. The smallest absolute Gasteiger partial charge is 0.284 e. The number of hydrogen-bond donors (Lipinski definition) is 1. The number of nitrogens with zero attached hydrogens (tertiary/aromatic N) is 2. The van der Waals surface area contributed by atoms with Crippen molar-refractivity contribution in [3.63, 3.8) is 0 Å². The van der Waals surface area contributed by atoms with Crippen LogP contribution in [-0.4, -0.2) is 36.5 Å². The van der Waals surface area contributed by atoms with E-state index < -0.39 is 9.84 Å². The first-order valence-electron chi connectivity index (χ1n) is 7.02. The van der Waals surface area contributed by atoms with Gasteiger partial charge in [-0.15, -0.1) is 10.2 Å². The molecule has 0 aliphatic carbocycles. The molecule has 3 rings (SSSR count). The van der Waals surface area contributed by atoms with E-state index in [4.69, 9.17) is 8.83 Å². The maximum atomic E-state index is 12.1. The van der Waals surface area contributed by atoms with Gasteiger partial charge in [-0.1, -0.05) is 23.9 Å². The highest BCUT2D eigenvalue weighted by atomic mass is 32.2. The molecule has 1 N–H and O–H groups in total. The summed E-state index contributed by atoms with van der Waals surface area (Å²) in [5.74, 6) is 0.248. The second kappa shape index (κ2) is 7.11. The SMILES string of the molecule is CS(=O)(=O)c1ccccc1NC(=O)CSc1nnc(-c2ccco2)o1. The summed E-state index contributed by atoms with van der Waals surface area (Å²) in [5, 5.41) is 10.4. The molecule has 2 aromatic heterocycles. The van der Waals surface area contributed by atoms with Gasteiger partial charge in [0.2, 0.25) is 5.91 Å². The van der Waals surface area contributed by atoms with Crippen LogP contribution in [0.3, 0.4) is 0 Å². The molecule has 2 heterocycles. The van der Waals surface area contributed by atoms with Crippen LogP contribution in [-0.2, 0) is 14.6 Å². The monoisotopic (exact) mass is 379 g/mol. The number of thioether (sulfide) groups is 1. The zero-order valence-corrected chi connectivity index (χ0v) is 14.6. The van der Waals surface area contributed by atoms with Crippen LogP contribution in [0.1, 0.15) is 0 Å². The lowest BCUT2D eigenvalue weighted by molar-refractivity contribution is -0.113. The van der Waals surface area contributed by atoms with Gasteiger partial charge in [-0.3, -0.25) is 4.79 Å². The summed E-state index contributed by atoms with van der Waals surface area (Å²) in [4.78, 5) is 12.1. The van der Waals surface area contributed by atoms with Gasteiger partial charge in [0.15, 0.2) is 15.6 Å². The minimum Gasteiger partial charge on any atom is -0.459 e. The maximum Gasteiger partial charge on any atom is 0.284 e. The number of hydrogen-bond acceptors (Lipinski definition) is 8. The summed E-state index contributed by atoms with van der Waals surface area (Å²) in [7, 11) is -3.44. The van der Waals surface area contributed by atoms with Crippen molar-refractivity contribution in [3.8, 4) is 11.7 Å².